The van der Waals surface area contributed by atoms with Gasteiger partial charge in [0.2, 0.25) is 11.5 Å². The average molecular weight is 997 g/mol. The predicted molar refractivity (Wildman–Crippen MR) is 183 cm³/mol. The summed E-state index contributed by atoms with van der Waals surface area (Å²) in [6, 6.07) is 11.1. The number of benzene rings is 4. The van der Waals surface area contributed by atoms with Crippen LogP contribution in [-0.2, 0) is 4.65 Å². The molecule has 0 amide bonds. The molecule has 4 nitrogen and oxygen atoms in total. The molecule has 283 valence electrons. The van der Waals surface area contributed by atoms with Gasteiger partial charge in [-0.1, -0.05) is 37.9 Å². The van der Waals surface area contributed by atoms with E-state index in [1.54, 1.807) is 6.07 Å². The van der Waals surface area contributed by atoms with Crippen molar-refractivity contribution in [1.29, 1.82) is 0 Å². The van der Waals surface area contributed by atoms with Gasteiger partial charge in [-0.2, -0.15) is 0 Å². The van der Waals surface area contributed by atoms with E-state index < -0.39 is 64.5 Å². The molecule has 4 aromatic rings. The number of aliphatic hydroxyl groups is 1. The molecule has 0 unspecified atom stereocenters. The Hall–Kier alpha value is -2.69. The number of halogens is 15. The molecule has 52 heavy (non-hydrogen) atoms. The molecule has 0 aliphatic heterocycles. The summed E-state index contributed by atoms with van der Waals surface area (Å²) in [5.74, 6) is -10.3. The second kappa shape index (κ2) is 18.1. The minimum absolute atomic E-state index is 0.151. The summed E-state index contributed by atoms with van der Waals surface area (Å²) in [5.41, 5.74) is -2.91. The van der Waals surface area contributed by atoms with Crippen LogP contribution in [0.5, 0.6) is 11.5 Å². The molecule has 1 radical (unpaired) electrons. The van der Waals surface area contributed by atoms with Crippen LogP contribution in [0.2, 0.25) is 0 Å². The molecule has 0 fully saturated rings. The lowest BCUT2D eigenvalue weighted by atomic mass is 9.82. The van der Waals surface area contributed by atoms with Crippen LogP contribution in [0, 0.1) is 38.5 Å². The lowest BCUT2D eigenvalue weighted by Gasteiger charge is -2.37. The van der Waals surface area contributed by atoms with E-state index in [1.165, 1.54) is 45.9 Å². The van der Waals surface area contributed by atoms with Gasteiger partial charge in [0.1, 0.15) is 11.6 Å². The zero-order chi connectivity index (χ0) is 40.0. The molecule has 4 aromatic carbocycles. The Morgan fingerprint density at radius 1 is 0.596 bits per heavy atom. The Balaban J connectivity index is 0.000000292. The third kappa shape index (κ3) is 14.3. The lowest BCUT2D eigenvalue weighted by Crippen LogP contribution is -2.49. The molecule has 0 saturated carbocycles. The van der Waals surface area contributed by atoms with Crippen molar-refractivity contribution >= 4 is 67.4 Å². The zero-order valence-corrected chi connectivity index (χ0v) is 32.0. The maximum atomic E-state index is 13.7. The molecule has 1 N–H and O–H groups in total. The fraction of sp³-hybridized carbons (Fsp3) is 0.250. The van der Waals surface area contributed by atoms with E-state index in [1.807, 2.05) is 28.7 Å². The Kier molecular flexibility index (Phi) is 15.8. The minimum Gasteiger partial charge on any atom is -0.427 e. The molecule has 0 spiro atoms. The van der Waals surface area contributed by atoms with Crippen molar-refractivity contribution in [3.63, 3.8) is 0 Å². The summed E-state index contributed by atoms with van der Waals surface area (Å²) in [5, 5.41) is 9.87. The van der Waals surface area contributed by atoms with Crippen LogP contribution in [0.4, 0.5) is 52.7 Å². The maximum absolute atomic E-state index is 13.7. The first-order chi connectivity index (χ1) is 23.6. The van der Waals surface area contributed by atoms with Crippen molar-refractivity contribution in [1.82, 2.24) is 0 Å². The Bertz CT molecular complexity index is 1810. The third-order valence-corrected chi connectivity index (χ3v) is 8.40. The molecule has 0 saturated heterocycles. The number of hydrogen-bond donors (Lipinski definition) is 1. The standard InChI is InChI=1S/C13H15BF5O3.C13H5BrF6O.C6H3BrFI/c1-11(2,20)12(3,4)22-14-7-5-8(15)10(9(16)6-7)21-13(17,18)19;14-7-1-2-8(9(15)5-7)6-3-10(16)12(11(17)4-6)21-13(18,19)20;7-4-1-2-6(9)5(8)3-4/h5-6,20H,1-4H3;1-5H;1-3H. The van der Waals surface area contributed by atoms with Crippen molar-refractivity contribution in [2.75, 3.05) is 0 Å². The highest BCUT2D eigenvalue weighted by molar-refractivity contribution is 14.1. The lowest BCUT2D eigenvalue weighted by molar-refractivity contribution is -0.277. The van der Waals surface area contributed by atoms with E-state index in [4.69, 9.17) is 4.65 Å². The van der Waals surface area contributed by atoms with Crippen LogP contribution < -0.4 is 14.9 Å². The van der Waals surface area contributed by atoms with Gasteiger partial charge >= 0.3 is 20.2 Å². The van der Waals surface area contributed by atoms with E-state index in [9.17, 15) is 57.8 Å². The van der Waals surface area contributed by atoms with Gasteiger partial charge in [-0.3, -0.25) is 0 Å². The van der Waals surface area contributed by atoms with Gasteiger partial charge in [-0.05, 0) is 116 Å². The molecule has 0 heterocycles. The highest BCUT2D eigenvalue weighted by atomic mass is 127. The smallest absolute Gasteiger partial charge is 0.427 e. The van der Waals surface area contributed by atoms with Gasteiger partial charge in [0, 0.05) is 18.1 Å². The Morgan fingerprint density at radius 2 is 1.00 bits per heavy atom. The van der Waals surface area contributed by atoms with Gasteiger partial charge in [-0.15, -0.1) is 26.3 Å². The van der Waals surface area contributed by atoms with Gasteiger partial charge in [-0.25, -0.2) is 26.3 Å². The van der Waals surface area contributed by atoms with E-state index in [0.717, 1.165) is 18.0 Å². The van der Waals surface area contributed by atoms with Crippen LogP contribution >= 0.6 is 54.5 Å². The van der Waals surface area contributed by atoms with Crippen molar-refractivity contribution in [2.24, 2.45) is 0 Å². The quantitative estimate of drug-likeness (QED) is 0.0867. The first-order valence-corrected chi connectivity index (χ1v) is 16.6. The molecule has 0 aromatic heterocycles. The van der Waals surface area contributed by atoms with Crippen molar-refractivity contribution in [3.05, 3.63) is 108 Å². The van der Waals surface area contributed by atoms with Crippen molar-refractivity contribution in [2.45, 2.75) is 51.6 Å². The molecular weight excluding hydrogens is 974 g/mol. The van der Waals surface area contributed by atoms with E-state index in [-0.39, 0.29) is 22.4 Å². The summed E-state index contributed by atoms with van der Waals surface area (Å²) < 4.78 is 166. The van der Waals surface area contributed by atoms with Crippen LogP contribution in [0.15, 0.2) is 69.6 Å². The van der Waals surface area contributed by atoms with Crippen molar-refractivity contribution in [3.8, 4) is 22.6 Å². The summed E-state index contributed by atoms with van der Waals surface area (Å²) in [6.07, 6.45) is -10.4. The van der Waals surface area contributed by atoms with Gasteiger partial charge in [0.05, 0.1) is 11.2 Å². The topological polar surface area (TPSA) is 47.9 Å². The highest BCUT2D eigenvalue weighted by Gasteiger charge is 2.37. The number of alkyl halides is 6. The fourth-order valence-corrected chi connectivity index (χ4v) is 4.34. The Morgan fingerprint density at radius 3 is 1.37 bits per heavy atom. The van der Waals surface area contributed by atoms with Crippen LogP contribution in [0.1, 0.15) is 27.7 Å². The van der Waals surface area contributed by atoms with Crippen LogP contribution in [0.3, 0.4) is 0 Å². The first kappa shape index (κ1) is 45.5. The molecule has 4 rings (SSSR count). The largest absolute Gasteiger partial charge is 0.573 e. The second-order valence-corrected chi connectivity index (χ2v) is 14.2. The molecule has 0 aliphatic rings. The minimum atomic E-state index is -5.23. The maximum Gasteiger partial charge on any atom is 0.573 e. The summed E-state index contributed by atoms with van der Waals surface area (Å²) in [7, 11) is 0.946. The zero-order valence-electron chi connectivity index (χ0n) is 26.7. The van der Waals surface area contributed by atoms with E-state index in [0.29, 0.717) is 32.3 Å². The average Bonchev–Trinajstić information content (AvgIpc) is 2.97. The summed E-state index contributed by atoms with van der Waals surface area (Å²) >= 11 is 8.11. The third-order valence-electron chi connectivity index (χ3n) is 6.54. The van der Waals surface area contributed by atoms with Gasteiger partial charge in [0.15, 0.2) is 23.3 Å². The van der Waals surface area contributed by atoms with Crippen molar-refractivity contribution < 1.29 is 71.9 Å². The van der Waals surface area contributed by atoms with Gasteiger partial charge < -0.3 is 19.2 Å². The second-order valence-electron chi connectivity index (χ2n) is 11.2. The van der Waals surface area contributed by atoms with Gasteiger partial charge in [0.25, 0.3) is 0 Å². The molecule has 20 heteroatoms. The Labute approximate surface area is 320 Å². The SMILES string of the molecule is CC(C)(O)C(C)(C)O[B]c1cc(F)c(OC(F)(F)F)c(F)c1.Fc1cc(Br)ccc1-c1cc(F)c(OC(F)(F)F)c(F)c1.Fc1cc(Br)ccc1I. The van der Waals surface area contributed by atoms with E-state index >= 15 is 0 Å². The highest BCUT2D eigenvalue weighted by Crippen LogP contribution is 2.34. The molecule has 0 atom stereocenters. The summed E-state index contributed by atoms with van der Waals surface area (Å²) in [6.45, 7) is 6.03. The van der Waals surface area contributed by atoms with Crippen LogP contribution in [0.25, 0.3) is 11.1 Å². The van der Waals surface area contributed by atoms with E-state index in [2.05, 4.69) is 41.3 Å². The summed E-state index contributed by atoms with van der Waals surface area (Å²) in [4.78, 5) is 0. The van der Waals surface area contributed by atoms with Crippen LogP contribution in [-0.4, -0.2) is 36.5 Å². The fourth-order valence-electron chi connectivity index (χ4n) is 3.34. The number of ether oxygens (including phenoxy) is 2. The monoisotopic (exact) mass is 995 g/mol. The number of hydrogen-bond acceptors (Lipinski definition) is 4. The number of rotatable bonds is 7. The first-order valence-electron chi connectivity index (χ1n) is 13.9. The molecule has 0 bridgehead atoms. The normalized spacial score (nSPS) is 11.9. The molecular formula is C32H23BBr2F12IO4. The predicted octanol–water partition coefficient (Wildman–Crippen LogP) is 11.3. The molecule has 0 aliphatic carbocycles.